The molecule has 2 saturated heterocycles. The van der Waals surface area contributed by atoms with Crippen LogP contribution >= 0.6 is 11.8 Å². The number of nitrogens with two attached hydrogens (primary N) is 3. The third kappa shape index (κ3) is 30.9. The first-order chi connectivity index (χ1) is 64.5. The fourth-order valence-corrected chi connectivity index (χ4v) is 16.9. The molecule has 0 radical (unpaired) electrons. The van der Waals surface area contributed by atoms with Gasteiger partial charge < -0.3 is 120 Å². The van der Waals surface area contributed by atoms with Crippen LogP contribution in [0.2, 0.25) is 0 Å². The number of hydrogen-bond donors (Lipinski definition) is 19. The van der Waals surface area contributed by atoms with Crippen LogP contribution in [-0.4, -0.2) is 307 Å². The molecule has 8 rings (SSSR count). The molecule has 3 aromatic heterocycles. The Labute approximate surface area is 787 Å². The van der Waals surface area contributed by atoms with E-state index in [0.717, 1.165) is 55.8 Å². The number of aromatic nitrogens is 4. The molecule has 46 heteroatoms. The van der Waals surface area contributed by atoms with Crippen LogP contribution in [0, 0.1) is 11.3 Å². The van der Waals surface area contributed by atoms with E-state index in [-0.39, 0.29) is 88.8 Å². The number of carbonyl (C=O) groups excluding carboxylic acids is 17. The minimum atomic E-state index is -4.80. The number of para-hydroxylation sites is 2. The second-order valence-corrected chi connectivity index (χ2v) is 35.4. The summed E-state index contributed by atoms with van der Waals surface area (Å²) in [4.78, 5) is 267. The standard InChI is InChI=1S/C90H125F3N24O18S/c1-10-12-25-69-82(129)106-60(24-18-32-99-89(96)97)78(125)112-68(77(124)102-43-73(95)120)46-136-47-75(122)105-64(35-51-28-30-54(31-29-51)90(91,92)93)85(132)114(7)50(5)76(123)108-66(39-72(94)119)87(134)117-33-19-27-70(117)83(130)107-62(38-55-42-98-48-103-55)80(127)109-63(34-49(3)4)84(131)113(6)44-74(121)104-61(36-52-40-100-58-22-16-14-20-56(52)58)79(126)111-67(45-118)81(128)110-65(37-53-41-101-59-23-17-15-21-57(53)59)86(133)116(9)71(26-13-11-2)88(135)115(69)8/h14-17,20-23,28-31,40-42,48-50,60-71,100-101,118H,10-13,18-19,24-27,32-39,43-47H2,1-9H3,(H2,94,119)(H2,95,120)(H,98,103)(H,102,124)(H,104,121)(H,105,122)(H,106,129)(H,107,130)(H,108,123)(H,109,127)(H,110,128)(H,111,126)(H,112,125)(H4,96,97,99)/t50-,60-,61-,62-,63-,64-,65-,66-,67-,68-,69-,70-,71-/m0/s1. The number of amides is 17. The van der Waals surface area contributed by atoms with Crippen molar-refractivity contribution in [1.82, 2.24) is 103 Å². The normalized spacial score (nSPS) is 23.3. The zero-order valence-corrected chi connectivity index (χ0v) is 78.2. The Hall–Kier alpha value is -13.7. The summed E-state index contributed by atoms with van der Waals surface area (Å²) in [6.07, 6.45) is 0.0897. The van der Waals surface area contributed by atoms with Gasteiger partial charge >= 0.3 is 6.18 Å². The van der Waals surface area contributed by atoms with Crippen LogP contribution in [0.15, 0.2) is 97.7 Å². The van der Waals surface area contributed by atoms with E-state index in [4.69, 9.17) is 22.6 Å². The molecule has 0 spiro atoms. The van der Waals surface area contributed by atoms with Gasteiger partial charge in [0.1, 0.15) is 78.5 Å². The highest BCUT2D eigenvalue weighted by Gasteiger charge is 2.44. The van der Waals surface area contributed by atoms with Crippen molar-refractivity contribution in [2.75, 3.05) is 72.5 Å². The fourth-order valence-electron chi connectivity index (χ4n) is 16.0. The van der Waals surface area contributed by atoms with Crippen LogP contribution in [0.3, 0.4) is 0 Å². The maximum atomic E-state index is 15.7. The molecule has 42 nitrogen and oxygen atoms in total. The highest BCUT2D eigenvalue weighted by Crippen LogP contribution is 2.31. The Kier molecular flexibility index (Phi) is 40.5. The van der Waals surface area contributed by atoms with Gasteiger partial charge in [0.25, 0.3) is 0 Å². The summed E-state index contributed by atoms with van der Waals surface area (Å²) in [7, 11) is 5.03. The number of likely N-dealkylation sites (N-methyl/N-ethyl adjacent to an activating group) is 4. The van der Waals surface area contributed by atoms with Crippen LogP contribution in [0.25, 0.3) is 21.8 Å². The number of alkyl halides is 3. The van der Waals surface area contributed by atoms with Crippen molar-refractivity contribution < 1.29 is 99.8 Å². The van der Waals surface area contributed by atoms with Gasteiger partial charge in [-0.1, -0.05) is 102 Å². The molecule has 5 heterocycles. The zero-order chi connectivity index (χ0) is 99.9. The molecule has 3 aromatic carbocycles. The van der Waals surface area contributed by atoms with E-state index in [2.05, 4.69) is 78.4 Å². The Morgan fingerprint density at radius 1 is 0.559 bits per heavy atom. The predicted octanol–water partition coefficient (Wildman–Crippen LogP) is -1.12. The number of H-pyrrole nitrogens is 3. The Balaban J connectivity index is 1.19. The van der Waals surface area contributed by atoms with Gasteiger partial charge in [0, 0.05) is 119 Å². The summed E-state index contributed by atoms with van der Waals surface area (Å²) < 4.78 is 41.8. The lowest BCUT2D eigenvalue weighted by Crippen LogP contribution is -2.61. The number of rotatable bonds is 26. The maximum absolute atomic E-state index is 15.7. The van der Waals surface area contributed by atoms with Crippen molar-refractivity contribution in [2.24, 2.45) is 23.1 Å². The van der Waals surface area contributed by atoms with Gasteiger partial charge in [-0.15, -0.1) is 11.8 Å². The van der Waals surface area contributed by atoms with Crippen LogP contribution in [-0.2, 0) is 113 Å². The number of hydrogen-bond acceptors (Lipinski definition) is 21. The topological polar surface area (TPSA) is 621 Å². The van der Waals surface area contributed by atoms with E-state index in [0.29, 0.717) is 76.1 Å². The van der Waals surface area contributed by atoms with E-state index in [1.807, 2.05) is 13.8 Å². The first-order valence-corrected chi connectivity index (χ1v) is 46.1. The number of aliphatic hydroxyl groups excluding tert-OH is 1. The summed E-state index contributed by atoms with van der Waals surface area (Å²) >= 11 is 0.675. The Bertz CT molecular complexity index is 5230. The van der Waals surface area contributed by atoms with Gasteiger partial charge in [-0.3, -0.25) is 86.9 Å². The van der Waals surface area contributed by atoms with E-state index < -0.39 is 241 Å². The SMILES string of the molecule is CCCC[C@H]1C(=O)N(C)[C@@H](CCCC)C(=O)N[C@@H](CCCNC(=N)N)C(=O)N[C@H](C(=O)NCC(N)=O)CSCC(=O)N[C@@H](Cc2ccc(C(F)(F)F)cc2)C(=O)N(C)[C@@H](C)C(=O)N[C@@H](CC(N)=O)C(=O)N2CCC[C@H]2C(=O)N[C@@H](Cc2cnc[nH]2)C(=O)N[C@@H](CC(C)C)C(=O)N(C)CC(=O)N[C@@H](Cc2c[nH]c3ccccc23)C(=O)N[C@@H](CO)C(=O)N[C@@H](Cc2c[nH]c3ccccc23)C(=O)N1C. The lowest BCUT2D eigenvalue weighted by atomic mass is 10.00. The van der Waals surface area contributed by atoms with Gasteiger partial charge in [0.15, 0.2) is 5.96 Å². The molecule has 17 amide bonds. The number of nitrogens with zero attached hydrogens (tertiary/aromatic N) is 6. The molecule has 136 heavy (non-hydrogen) atoms. The molecule has 2 aliphatic rings. The van der Waals surface area contributed by atoms with Crippen molar-refractivity contribution in [3.63, 3.8) is 0 Å². The summed E-state index contributed by atoms with van der Waals surface area (Å²) in [5.41, 5.74) is 18.3. The molecule has 2 aliphatic heterocycles. The number of primary amides is 2. The summed E-state index contributed by atoms with van der Waals surface area (Å²) in [6.45, 7) is 5.48. The number of unbranched alkanes of at least 4 members (excludes halogenated alkanes) is 2. The number of fused-ring (bicyclic) bond motifs is 3. The quantitative estimate of drug-likeness (QED) is 0.0174. The Morgan fingerprint density at radius 3 is 1.68 bits per heavy atom. The van der Waals surface area contributed by atoms with Gasteiger partial charge in [0.05, 0.1) is 43.8 Å². The van der Waals surface area contributed by atoms with Crippen molar-refractivity contribution in [2.45, 2.75) is 222 Å². The molecule has 0 saturated carbocycles. The summed E-state index contributed by atoms with van der Waals surface area (Å²) in [5.74, 6) is -18.7. The van der Waals surface area contributed by atoms with Crippen LogP contribution in [0.4, 0.5) is 13.2 Å². The number of guanidine groups is 1. The van der Waals surface area contributed by atoms with Crippen LogP contribution in [0.5, 0.6) is 0 Å². The minimum Gasteiger partial charge on any atom is -0.394 e. The van der Waals surface area contributed by atoms with Crippen LogP contribution < -0.4 is 75.7 Å². The molecule has 0 aliphatic carbocycles. The molecule has 0 bridgehead atoms. The number of aromatic amines is 3. The number of thioether (sulfide) groups is 1. The maximum Gasteiger partial charge on any atom is 0.416 e. The average molecular weight is 1920 g/mol. The molecular weight excluding hydrogens is 1790 g/mol. The monoisotopic (exact) mass is 1920 g/mol. The van der Waals surface area contributed by atoms with Gasteiger partial charge in [-0.2, -0.15) is 13.2 Å². The number of nitrogens with one attached hydrogen (secondary N) is 15. The lowest BCUT2D eigenvalue weighted by molar-refractivity contribution is -0.149. The van der Waals surface area contributed by atoms with E-state index >= 15 is 24.0 Å². The lowest BCUT2D eigenvalue weighted by Gasteiger charge is -2.36. The first-order valence-electron chi connectivity index (χ1n) is 44.9. The molecule has 740 valence electrons. The number of halogens is 3. The van der Waals surface area contributed by atoms with Crippen molar-refractivity contribution in [1.29, 1.82) is 5.41 Å². The average Bonchev–Trinajstić information content (AvgIpc) is 1.35. The molecule has 0 unspecified atom stereocenters. The summed E-state index contributed by atoms with van der Waals surface area (Å²) in [5, 5.41) is 48.8. The third-order valence-corrected chi connectivity index (χ3v) is 24.6. The van der Waals surface area contributed by atoms with Gasteiger partial charge in [-0.05, 0) is 98.7 Å². The Morgan fingerprint density at radius 2 is 1.10 bits per heavy atom. The van der Waals surface area contributed by atoms with Crippen molar-refractivity contribution >= 4 is 140 Å². The molecule has 6 aromatic rings. The summed E-state index contributed by atoms with van der Waals surface area (Å²) in [6, 6.07) is -3.17. The number of carbonyl (C=O) groups is 17. The van der Waals surface area contributed by atoms with E-state index in [1.54, 1.807) is 74.8 Å². The number of benzene rings is 3. The fraction of sp³-hybridized carbons (Fsp3) is 0.522. The minimum absolute atomic E-state index is 0.000568. The second-order valence-electron chi connectivity index (χ2n) is 34.4. The predicted molar refractivity (Wildman–Crippen MR) is 495 cm³/mol. The molecule has 2 fully saturated rings. The van der Waals surface area contributed by atoms with Crippen LogP contribution in [0.1, 0.15) is 140 Å². The number of imidazole rings is 1. The highest BCUT2D eigenvalue weighted by molar-refractivity contribution is 8.00. The van der Waals surface area contributed by atoms with Gasteiger partial charge in [-0.25, -0.2) is 4.98 Å². The molecule has 22 N–H and O–H groups in total. The van der Waals surface area contributed by atoms with Gasteiger partial charge in [0.2, 0.25) is 100 Å². The highest BCUT2D eigenvalue weighted by atomic mass is 32.2. The molecular formula is C90H125F3N24O18S. The molecule has 13 atom stereocenters. The largest absolute Gasteiger partial charge is 0.416 e. The van der Waals surface area contributed by atoms with Crippen molar-refractivity contribution in [3.8, 4) is 0 Å². The van der Waals surface area contributed by atoms with E-state index in [9.17, 15) is 75.8 Å². The van der Waals surface area contributed by atoms with E-state index in [1.165, 1.54) is 40.6 Å². The van der Waals surface area contributed by atoms with Crippen molar-refractivity contribution in [3.05, 3.63) is 126 Å². The second kappa shape index (κ2) is 51.1. The smallest absolute Gasteiger partial charge is 0.394 e. The third-order valence-electron chi connectivity index (χ3n) is 23.6. The number of aliphatic hydroxyl groups is 1. The zero-order valence-electron chi connectivity index (χ0n) is 77.4. The first kappa shape index (κ1) is 108.